The first kappa shape index (κ1) is 21.7. The summed E-state index contributed by atoms with van der Waals surface area (Å²) >= 11 is 0. The van der Waals surface area contributed by atoms with Gasteiger partial charge in [0.15, 0.2) is 0 Å². The van der Waals surface area contributed by atoms with Gasteiger partial charge in [-0.2, -0.15) is 15.0 Å². The normalized spacial score (nSPS) is 18.4. The van der Waals surface area contributed by atoms with Crippen molar-refractivity contribution in [1.29, 1.82) is 0 Å². The van der Waals surface area contributed by atoms with Gasteiger partial charge in [-0.05, 0) is 69.0 Å². The highest BCUT2D eigenvalue weighted by atomic mass is 19.1. The molecule has 166 valence electrons. The second kappa shape index (κ2) is 9.30. The molecule has 3 aromatic rings. The lowest BCUT2D eigenvalue weighted by molar-refractivity contribution is -0.117. The summed E-state index contributed by atoms with van der Waals surface area (Å²) in [6.45, 7) is 4.48. The molecule has 1 aliphatic heterocycles. The number of piperidine rings is 1. The van der Waals surface area contributed by atoms with Gasteiger partial charge in [-0.1, -0.05) is 11.6 Å². The van der Waals surface area contributed by atoms with E-state index in [0.717, 1.165) is 18.4 Å². The molecule has 2 aromatic carbocycles. The van der Waals surface area contributed by atoms with Crippen LogP contribution in [0, 0.1) is 18.7 Å². The van der Waals surface area contributed by atoms with Crippen molar-refractivity contribution >= 4 is 17.5 Å². The Morgan fingerprint density at radius 3 is 2.53 bits per heavy atom. The van der Waals surface area contributed by atoms with Gasteiger partial charge < -0.3 is 10.2 Å². The summed E-state index contributed by atoms with van der Waals surface area (Å²) in [7, 11) is 0. The van der Waals surface area contributed by atoms with E-state index in [1.54, 1.807) is 12.4 Å². The highest BCUT2D eigenvalue weighted by Crippen LogP contribution is 2.28. The Morgan fingerprint density at radius 1 is 1.09 bits per heavy atom. The molecule has 1 aliphatic rings. The second-order valence-electron chi connectivity index (χ2n) is 8.35. The summed E-state index contributed by atoms with van der Waals surface area (Å²) in [6, 6.07) is 11.4. The van der Waals surface area contributed by atoms with Crippen LogP contribution in [0.15, 0.2) is 54.9 Å². The lowest BCUT2D eigenvalue weighted by atomic mass is 9.90. The molecule has 2 atom stereocenters. The fraction of sp³-hybridized carbons (Fsp3) is 0.333. The third kappa shape index (κ3) is 4.85. The average Bonchev–Trinajstić information content (AvgIpc) is 3.31. The topological polar surface area (TPSA) is 80.1 Å². The number of carbonyl (C=O) groups excluding carboxylic acids is 2. The molecular weight excluding hydrogens is 409 g/mol. The van der Waals surface area contributed by atoms with Gasteiger partial charge in [-0.15, -0.1) is 0 Å². The number of aryl methyl sites for hydroxylation is 1. The first-order valence-corrected chi connectivity index (χ1v) is 10.7. The van der Waals surface area contributed by atoms with E-state index in [2.05, 4.69) is 15.5 Å². The van der Waals surface area contributed by atoms with Crippen LogP contribution >= 0.6 is 0 Å². The summed E-state index contributed by atoms with van der Waals surface area (Å²) in [5.41, 5.74) is 2.72. The van der Waals surface area contributed by atoms with Gasteiger partial charge in [-0.3, -0.25) is 9.59 Å². The largest absolute Gasteiger partial charge is 0.336 e. The SMILES string of the molecule is Cc1ccc(-n2nccn2)c(C(=O)N2C[C@H](CC(=O)Nc3ccc(F)cc3)CC[C@H]2C)c1. The van der Waals surface area contributed by atoms with Crippen LogP contribution in [0.4, 0.5) is 10.1 Å². The van der Waals surface area contributed by atoms with Gasteiger partial charge in [0.1, 0.15) is 5.82 Å². The molecule has 0 saturated carbocycles. The van der Waals surface area contributed by atoms with Crippen molar-refractivity contribution in [2.45, 2.75) is 39.2 Å². The molecule has 2 amide bonds. The number of hydrogen-bond donors (Lipinski definition) is 1. The van der Waals surface area contributed by atoms with E-state index in [1.807, 2.05) is 36.9 Å². The molecule has 32 heavy (non-hydrogen) atoms. The Balaban J connectivity index is 1.48. The van der Waals surface area contributed by atoms with E-state index in [1.165, 1.54) is 29.1 Å². The van der Waals surface area contributed by atoms with Crippen molar-refractivity contribution in [2.24, 2.45) is 5.92 Å². The van der Waals surface area contributed by atoms with Gasteiger partial charge in [0.2, 0.25) is 5.91 Å². The predicted octanol–water partition coefficient (Wildman–Crippen LogP) is 3.98. The molecule has 1 N–H and O–H groups in total. The van der Waals surface area contributed by atoms with E-state index in [0.29, 0.717) is 29.9 Å². The minimum Gasteiger partial charge on any atom is -0.336 e. The maximum Gasteiger partial charge on any atom is 0.256 e. The van der Waals surface area contributed by atoms with Crippen LogP contribution in [0.3, 0.4) is 0 Å². The predicted molar refractivity (Wildman–Crippen MR) is 119 cm³/mol. The summed E-state index contributed by atoms with van der Waals surface area (Å²) in [5.74, 6) is -0.524. The summed E-state index contributed by atoms with van der Waals surface area (Å²) in [4.78, 5) is 29.4. The Kier molecular flexibility index (Phi) is 6.30. The van der Waals surface area contributed by atoms with Crippen molar-refractivity contribution < 1.29 is 14.0 Å². The molecule has 0 bridgehead atoms. The standard InChI is InChI=1S/C24H26FN5O2/c1-16-3-10-22(30-26-11-12-27-30)21(13-16)24(32)29-15-18(5-4-17(29)2)14-23(31)28-20-8-6-19(25)7-9-20/h3,6-13,17-18H,4-5,14-15H2,1-2H3,(H,28,31)/t17-,18+/m1/s1. The molecule has 8 heteroatoms. The lowest BCUT2D eigenvalue weighted by Crippen LogP contribution is -2.46. The third-order valence-corrected chi connectivity index (χ3v) is 5.86. The zero-order chi connectivity index (χ0) is 22.7. The number of amides is 2. The number of nitrogens with one attached hydrogen (secondary N) is 1. The van der Waals surface area contributed by atoms with Crippen molar-refractivity contribution in [3.8, 4) is 5.69 Å². The smallest absolute Gasteiger partial charge is 0.256 e. The zero-order valence-electron chi connectivity index (χ0n) is 18.2. The first-order valence-electron chi connectivity index (χ1n) is 10.7. The van der Waals surface area contributed by atoms with E-state index < -0.39 is 0 Å². The monoisotopic (exact) mass is 435 g/mol. The summed E-state index contributed by atoms with van der Waals surface area (Å²) in [5, 5.41) is 11.2. The Hall–Kier alpha value is -3.55. The van der Waals surface area contributed by atoms with Crippen LogP contribution in [0.25, 0.3) is 5.69 Å². The minimum absolute atomic E-state index is 0.0479. The molecule has 0 spiro atoms. The van der Waals surface area contributed by atoms with Crippen molar-refractivity contribution in [3.05, 3.63) is 71.8 Å². The van der Waals surface area contributed by atoms with Gasteiger partial charge >= 0.3 is 0 Å². The highest BCUT2D eigenvalue weighted by molar-refractivity contribution is 5.98. The van der Waals surface area contributed by atoms with Gasteiger partial charge in [0, 0.05) is 24.7 Å². The average molecular weight is 436 g/mol. The molecule has 1 saturated heterocycles. The minimum atomic E-state index is -0.348. The summed E-state index contributed by atoms with van der Waals surface area (Å²) < 4.78 is 13.1. The van der Waals surface area contributed by atoms with Gasteiger partial charge in [0.25, 0.3) is 5.91 Å². The van der Waals surface area contributed by atoms with Crippen LogP contribution in [0.2, 0.25) is 0 Å². The Labute approximate surface area is 186 Å². The van der Waals surface area contributed by atoms with E-state index in [9.17, 15) is 14.0 Å². The fourth-order valence-electron chi connectivity index (χ4n) is 4.13. The van der Waals surface area contributed by atoms with Crippen LogP contribution in [0.1, 0.15) is 42.1 Å². The molecule has 1 fully saturated rings. The third-order valence-electron chi connectivity index (χ3n) is 5.86. The molecule has 7 nitrogen and oxygen atoms in total. The number of halogens is 1. The van der Waals surface area contributed by atoms with Crippen molar-refractivity contribution in [1.82, 2.24) is 19.9 Å². The molecule has 2 heterocycles. The maximum absolute atomic E-state index is 13.6. The van der Waals surface area contributed by atoms with E-state index in [4.69, 9.17) is 0 Å². The number of rotatable bonds is 5. The number of anilines is 1. The highest BCUT2D eigenvalue weighted by Gasteiger charge is 2.32. The molecule has 4 rings (SSSR count). The van der Waals surface area contributed by atoms with Crippen molar-refractivity contribution in [3.63, 3.8) is 0 Å². The van der Waals surface area contributed by atoms with Gasteiger partial charge in [-0.25, -0.2) is 4.39 Å². The number of hydrogen-bond acceptors (Lipinski definition) is 4. The number of benzene rings is 2. The number of likely N-dealkylation sites (tertiary alicyclic amines) is 1. The van der Waals surface area contributed by atoms with Crippen LogP contribution < -0.4 is 5.32 Å². The van der Waals surface area contributed by atoms with Crippen LogP contribution in [-0.4, -0.2) is 44.3 Å². The Morgan fingerprint density at radius 2 is 1.81 bits per heavy atom. The fourth-order valence-corrected chi connectivity index (χ4v) is 4.13. The quantitative estimate of drug-likeness (QED) is 0.657. The number of carbonyl (C=O) groups is 2. The molecular formula is C24H26FN5O2. The Bertz CT molecular complexity index is 1100. The lowest BCUT2D eigenvalue weighted by Gasteiger charge is -2.38. The molecule has 0 unspecified atom stereocenters. The van der Waals surface area contributed by atoms with E-state index in [-0.39, 0.29) is 29.6 Å². The van der Waals surface area contributed by atoms with Gasteiger partial charge in [0.05, 0.1) is 23.6 Å². The van der Waals surface area contributed by atoms with E-state index >= 15 is 0 Å². The number of nitrogens with zero attached hydrogens (tertiary/aromatic N) is 4. The maximum atomic E-state index is 13.6. The second-order valence-corrected chi connectivity index (χ2v) is 8.35. The zero-order valence-corrected chi connectivity index (χ0v) is 18.2. The summed E-state index contributed by atoms with van der Waals surface area (Å²) in [6.07, 6.45) is 5.14. The molecule has 1 aromatic heterocycles. The van der Waals surface area contributed by atoms with Crippen molar-refractivity contribution in [2.75, 3.05) is 11.9 Å². The molecule has 0 aliphatic carbocycles. The van der Waals surface area contributed by atoms with Crippen LogP contribution in [0.5, 0.6) is 0 Å². The molecule has 0 radical (unpaired) electrons. The first-order chi connectivity index (χ1) is 15.4. The number of aromatic nitrogens is 3. The van der Waals surface area contributed by atoms with Crippen LogP contribution in [-0.2, 0) is 4.79 Å².